The molecule has 1 fully saturated rings. The fourth-order valence-corrected chi connectivity index (χ4v) is 3.04. The number of likely N-dealkylation sites (N-methyl/N-ethyl adjacent to an activating group) is 1. The van der Waals surface area contributed by atoms with E-state index in [-0.39, 0.29) is 51.5 Å². The zero-order valence-electron chi connectivity index (χ0n) is 14.6. The molecule has 8 heteroatoms. The molecular weight excluding hydrogens is 338 g/mol. The molecule has 2 aromatic rings. The Morgan fingerprint density at radius 2 is 2.04 bits per heavy atom. The minimum Gasteiger partial charge on any atom is -0.504 e. The SMILES string of the molecule is Cc1oc2c(OC#N)c(O)ccc2c(=O)c1CC(=O)N1CCN(C)CC1. The van der Waals surface area contributed by atoms with Crippen molar-refractivity contribution in [2.45, 2.75) is 13.3 Å². The average Bonchev–Trinajstić information content (AvgIpc) is 2.61. The number of phenolic OH excluding ortho intramolecular Hbond substituents is 1. The van der Waals surface area contributed by atoms with Crippen LogP contribution in [0.2, 0.25) is 0 Å². The van der Waals surface area contributed by atoms with Gasteiger partial charge in [0.2, 0.25) is 11.7 Å². The lowest BCUT2D eigenvalue weighted by Gasteiger charge is -2.32. The maximum Gasteiger partial charge on any atom is 0.292 e. The lowest BCUT2D eigenvalue weighted by atomic mass is 10.1. The van der Waals surface area contributed by atoms with Crippen molar-refractivity contribution in [2.24, 2.45) is 0 Å². The number of aromatic hydroxyl groups is 1. The van der Waals surface area contributed by atoms with Crippen molar-refractivity contribution in [3.8, 4) is 17.8 Å². The molecule has 0 saturated carbocycles. The van der Waals surface area contributed by atoms with Crippen LogP contribution in [0.5, 0.6) is 11.5 Å². The molecule has 1 aromatic heterocycles. The van der Waals surface area contributed by atoms with Crippen molar-refractivity contribution in [1.82, 2.24) is 9.80 Å². The van der Waals surface area contributed by atoms with Gasteiger partial charge in [0.05, 0.1) is 11.8 Å². The highest BCUT2D eigenvalue weighted by molar-refractivity contribution is 5.87. The summed E-state index contributed by atoms with van der Waals surface area (Å²) in [5.41, 5.74) is -0.103. The maximum atomic E-state index is 12.8. The quantitative estimate of drug-likeness (QED) is 0.816. The van der Waals surface area contributed by atoms with Crippen molar-refractivity contribution < 1.29 is 19.1 Å². The number of carbonyl (C=O) groups is 1. The van der Waals surface area contributed by atoms with Gasteiger partial charge in [0, 0.05) is 31.7 Å². The van der Waals surface area contributed by atoms with Crippen molar-refractivity contribution in [2.75, 3.05) is 33.2 Å². The first-order valence-corrected chi connectivity index (χ1v) is 8.23. The third-order valence-electron chi connectivity index (χ3n) is 4.62. The van der Waals surface area contributed by atoms with Gasteiger partial charge in [0.15, 0.2) is 16.8 Å². The molecule has 0 radical (unpaired) electrons. The van der Waals surface area contributed by atoms with Crippen LogP contribution in [-0.4, -0.2) is 54.0 Å². The van der Waals surface area contributed by atoms with Gasteiger partial charge in [0.1, 0.15) is 5.76 Å². The highest BCUT2D eigenvalue weighted by Crippen LogP contribution is 2.34. The molecule has 1 aliphatic heterocycles. The number of amides is 1. The summed E-state index contributed by atoms with van der Waals surface area (Å²) in [6.45, 7) is 4.42. The van der Waals surface area contributed by atoms with E-state index < -0.39 is 0 Å². The Morgan fingerprint density at radius 1 is 1.35 bits per heavy atom. The van der Waals surface area contributed by atoms with Crippen LogP contribution in [-0.2, 0) is 11.2 Å². The number of ether oxygens (including phenoxy) is 1. The molecule has 26 heavy (non-hydrogen) atoms. The number of benzene rings is 1. The number of hydrogen-bond donors (Lipinski definition) is 1. The van der Waals surface area contributed by atoms with Crippen LogP contribution in [0.25, 0.3) is 11.0 Å². The lowest BCUT2D eigenvalue weighted by Crippen LogP contribution is -2.47. The van der Waals surface area contributed by atoms with Crippen LogP contribution in [0.15, 0.2) is 21.3 Å². The number of piperazine rings is 1. The molecule has 1 aliphatic rings. The minimum absolute atomic E-state index is 0.00940. The topological polar surface area (TPSA) is 107 Å². The fraction of sp³-hybridized carbons (Fsp3) is 0.389. The van der Waals surface area contributed by atoms with E-state index in [1.54, 1.807) is 11.8 Å². The summed E-state index contributed by atoms with van der Waals surface area (Å²) in [7, 11) is 2.00. The molecule has 3 rings (SSSR count). The van der Waals surface area contributed by atoms with Crippen LogP contribution in [0.3, 0.4) is 0 Å². The zero-order chi connectivity index (χ0) is 18.8. The van der Waals surface area contributed by atoms with Crippen molar-refractivity contribution in [3.63, 3.8) is 0 Å². The molecule has 0 bridgehead atoms. The molecule has 1 N–H and O–H groups in total. The van der Waals surface area contributed by atoms with Crippen LogP contribution in [0.1, 0.15) is 11.3 Å². The third-order valence-corrected chi connectivity index (χ3v) is 4.62. The van der Waals surface area contributed by atoms with E-state index in [4.69, 9.17) is 14.4 Å². The Morgan fingerprint density at radius 3 is 2.69 bits per heavy atom. The predicted molar refractivity (Wildman–Crippen MR) is 92.9 cm³/mol. The molecule has 136 valence electrons. The third kappa shape index (κ3) is 3.21. The molecule has 0 aliphatic carbocycles. The maximum absolute atomic E-state index is 12.8. The lowest BCUT2D eigenvalue weighted by molar-refractivity contribution is -0.132. The van der Waals surface area contributed by atoms with Gasteiger partial charge in [-0.05, 0) is 26.1 Å². The van der Waals surface area contributed by atoms with E-state index >= 15 is 0 Å². The molecule has 1 amide bonds. The second-order valence-electron chi connectivity index (χ2n) is 6.31. The van der Waals surface area contributed by atoms with E-state index in [9.17, 15) is 14.7 Å². The van der Waals surface area contributed by atoms with Gasteiger partial charge in [-0.3, -0.25) is 9.59 Å². The van der Waals surface area contributed by atoms with E-state index in [1.165, 1.54) is 18.4 Å². The van der Waals surface area contributed by atoms with Gasteiger partial charge in [-0.15, -0.1) is 5.26 Å². The van der Waals surface area contributed by atoms with Gasteiger partial charge >= 0.3 is 0 Å². The Kier molecular flexibility index (Phi) is 4.82. The number of nitrogens with zero attached hydrogens (tertiary/aromatic N) is 3. The summed E-state index contributed by atoms with van der Waals surface area (Å²) in [6, 6.07) is 2.65. The molecule has 1 aromatic carbocycles. The molecule has 1 saturated heterocycles. The molecule has 0 atom stereocenters. The Balaban J connectivity index is 1.97. The smallest absolute Gasteiger partial charge is 0.292 e. The van der Waals surface area contributed by atoms with Gasteiger partial charge in [-0.2, -0.15) is 0 Å². The van der Waals surface area contributed by atoms with E-state index in [2.05, 4.69) is 4.90 Å². The molecule has 2 heterocycles. The normalized spacial score (nSPS) is 15.0. The summed E-state index contributed by atoms with van der Waals surface area (Å²) >= 11 is 0. The van der Waals surface area contributed by atoms with Crippen molar-refractivity contribution in [1.29, 1.82) is 5.26 Å². The zero-order valence-corrected chi connectivity index (χ0v) is 14.6. The largest absolute Gasteiger partial charge is 0.504 e. The van der Waals surface area contributed by atoms with E-state index in [0.29, 0.717) is 13.1 Å². The van der Waals surface area contributed by atoms with Gasteiger partial charge < -0.3 is 24.1 Å². The Hall–Kier alpha value is -3.05. The summed E-state index contributed by atoms with van der Waals surface area (Å²) < 4.78 is 10.4. The monoisotopic (exact) mass is 357 g/mol. The number of fused-ring (bicyclic) bond motifs is 1. The number of hydrogen-bond acceptors (Lipinski definition) is 7. The van der Waals surface area contributed by atoms with Crippen LogP contribution in [0, 0.1) is 18.4 Å². The van der Waals surface area contributed by atoms with Gasteiger partial charge in [-0.1, -0.05) is 0 Å². The number of phenols is 1. The Labute approximate surface area is 149 Å². The summed E-state index contributed by atoms with van der Waals surface area (Å²) in [5, 5.41) is 18.7. The highest BCUT2D eigenvalue weighted by atomic mass is 16.5. The van der Waals surface area contributed by atoms with Crippen LogP contribution < -0.4 is 10.2 Å². The molecular formula is C18H19N3O5. The molecule has 0 unspecified atom stereocenters. The standard InChI is InChI=1S/C18H19N3O5/c1-11-13(9-15(23)21-7-5-20(2)6-8-21)16(24)12-3-4-14(22)18(25-10-19)17(12)26-11/h3-4,22H,5-9H2,1-2H3. The minimum atomic E-state index is -0.367. The van der Waals surface area contributed by atoms with Crippen LogP contribution >= 0.6 is 0 Å². The highest BCUT2D eigenvalue weighted by Gasteiger charge is 2.23. The molecule has 0 spiro atoms. The second-order valence-corrected chi connectivity index (χ2v) is 6.31. The average molecular weight is 357 g/mol. The summed E-state index contributed by atoms with van der Waals surface area (Å²) in [4.78, 5) is 29.3. The van der Waals surface area contributed by atoms with Gasteiger partial charge in [-0.25, -0.2) is 0 Å². The predicted octanol–water partition coefficient (Wildman–Crippen LogP) is 0.983. The first-order valence-electron chi connectivity index (χ1n) is 8.23. The first-order chi connectivity index (χ1) is 12.4. The molecule has 8 nitrogen and oxygen atoms in total. The number of nitriles is 1. The number of aryl methyl sites for hydroxylation is 1. The van der Waals surface area contributed by atoms with Crippen molar-refractivity contribution >= 4 is 16.9 Å². The summed E-state index contributed by atoms with van der Waals surface area (Å²) in [5.74, 6) is -0.372. The van der Waals surface area contributed by atoms with Gasteiger partial charge in [0.25, 0.3) is 6.26 Å². The van der Waals surface area contributed by atoms with Crippen molar-refractivity contribution in [3.05, 3.63) is 33.7 Å². The number of rotatable bonds is 3. The second kappa shape index (κ2) is 7.06. The summed E-state index contributed by atoms with van der Waals surface area (Å²) in [6.07, 6.45) is 1.41. The fourth-order valence-electron chi connectivity index (χ4n) is 3.04. The Bertz CT molecular complexity index is 952. The van der Waals surface area contributed by atoms with Crippen LogP contribution in [0.4, 0.5) is 0 Å². The van der Waals surface area contributed by atoms with E-state index in [0.717, 1.165) is 13.1 Å². The number of carbonyl (C=O) groups excluding carboxylic acids is 1. The van der Waals surface area contributed by atoms with E-state index in [1.807, 2.05) is 7.05 Å². The first kappa shape index (κ1) is 17.8.